The van der Waals surface area contributed by atoms with Crippen molar-refractivity contribution in [2.75, 3.05) is 39.0 Å². The number of nitrogens with two attached hydrogens (primary N) is 1. The van der Waals surface area contributed by atoms with Crippen molar-refractivity contribution in [3.63, 3.8) is 0 Å². The van der Waals surface area contributed by atoms with Gasteiger partial charge in [0.1, 0.15) is 6.04 Å². The van der Waals surface area contributed by atoms with Crippen molar-refractivity contribution in [3.05, 3.63) is 120 Å². The second-order valence-electron chi connectivity index (χ2n) is 17.4. The van der Waals surface area contributed by atoms with Crippen molar-refractivity contribution in [2.45, 2.75) is 84.5 Å². The first kappa shape index (κ1) is 45.1. The van der Waals surface area contributed by atoms with Crippen LogP contribution in [0.25, 0.3) is 11.3 Å². The molecule has 1 saturated heterocycles. The molecule has 0 spiro atoms. The predicted octanol–water partition coefficient (Wildman–Crippen LogP) is 6.13. The van der Waals surface area contributed by atoms with E-state index in [0.29, 0.717) is 31.7 Å². The van der Waals surface area contributed by atoms with Gasteiger partial charge in [0.2, 0.25) is 11.8 Å². The normalized spacial score (nSPS) is 15.2. The number of rotatable bonds is 18. The Kier molecular flexibility index (Phi) is 15.3. The standard InChI is InChI=1S/C47H61N7O6/c1-46(2,3)42(54-27-26-53(45(54)59)30-35-16-10-11-17-37(35)48)43(57)52-41(39(55)23-25-50-40(56)29-47(4,5)31-51-44(58)60-6)36(33-14-8-7-9-15-33)28-32-19-21-34(22-20-32)38-18-12-13-24-49-38/h7-22,24,36,39,41-42,55H,23,25-31,48H2,1-6H3,(H,50,56)(H,51,58)(H,52,57). The molecule has 0 aliphatic carbocycles. The Morgan fingerprint density at radius 1 is 0.883 bits per heavy atom. The van der Waals surface area contributed by atoms with Crippen LogP contribution in [0.2, 0.25) is 0 Å². The van der Waals surface area contributed by atoms with Crippen molar-refractivity contribution in [3.8, 4) is 11.3 Å². The van der Waals surface area contributed by atoms with Gasteiger partial charge in [0.25, 0.3) is 0 Å². The van der Waals surface area contributed by atoms with Crippen molar-refractivity contribution < 1.29 is 29.0 Å². The number of nitrogens with one attached hydrogen (secondary N) is 3. The second-order valence-corrected chi connectivity index (χ2v) is 17.4. The number of para-hydroxylation sites is 1. The number of urea groups is 1. The SMILES string of the molecule is COC(=O)NCC(C)(C)CC(=O)NCCC(O)C(NC(=O)C(N1CCN(Cc2ccccc2N)C1=O)C(C)(C)C)C(Cc1ccc(-c2ccccn2)cc1)c1ccccc1. The number of ether oxygens (including phenoxy) is 1. The van der Waals surface area contributed by atoms with Crippen LogP contribution < -0.4 is 21.7 Å². The molecule has 320 valence electrons. The third-order valence-electron chi connectivity index (χ3n) is 11.0. The first-order valence-electron chi connectivity index (χ1n) is 20.6. The summed E-state index contributed by atoms with van der Waals surface area (Å²) >= 11 is 0. The molecule has 5 amide bonds. The van der Waals surface area contributed by atoms with Crippen LogP contribution in [0.3, 0.4) is 0 Å². The zero-order valence-corrected chi connectivity index (χ0v) is 35.7. The summed E-state index contributed by atoms with van der Waals surface area (Å²) in [7, 11) is 1.28. The minimum Gasteiger partial charge on any atom is -0.453 e. The highest BCUT2D eigenvalue weighted by Crippen LogP contribution is 2.32. The fourth-order valence-corrected chi connectivity index (χ4v) is 7.82. The van der Waals surface area contributed by atoms with Crippen LogP contribution in [0.15, 0.2) is 103 Å². The number of amides is 5. The molecule has 4 unspecified atom stereocenters. The minimum atomic E-state index is -1.10. The molecule has 1 aliphatic heterocycles. The molecule has 2 heterocycles. The number of hydrogen-bond donors (Lipinski definition) is 5. The first-order chi connectivity index (χ1) is 28.6. The second kappa shape index (κ2) is 20.3. The molecule has 3 aromatic carbocycles. The van der Waals surface area contributed by atoms with E-state index in [1.807, 2.05) is 126 Å². The van der Waals surface area contributed by atoms with Gasteiger partial charge >= 0.3 is 12.1 Å². The van der Waals surface area contributed by atoms with Crippen LogP contribution in [0, 0.1) is 10.8 Å². The lowest BCUT2D eigenvalue weighted by atomic mass is 9.81. The Morgan fingerprint density at radius 2 is 1.57 bits per heavy atom. The van der Waals surface area contributed by atoms with E-state index in [2.05, 4.69) is 25.7 Å². The molecule has 1 aliphatic rings. The number of carbonyl (C=O) groups excluding carboxylic acids is 4. The van der Waals surface area contributed by atoms with Gasteiger partial charge in [-0.05, 0) is 58.6 Å². The Morgan fingerprint density at radius 3 is 2.22 bits per heavy atom. The maximum absolute atomic E-state index is 14.8. The minimum absolute atomic E-state index is 0.124. The lowest BCUT2D eigenvalue weighted by molar-refractivity contribution is -0.130. The zero-order valence-electron chi connectivity index (χ0n) is 35.7. The molecule has 0 radical (unpaired) electrons. The van der Waals surface area contributed by atoms with Crippen LogP contribution in [-0.2, 0) is 27.3 Å². The van der Waals surface area contributed by atoms with E-state index in [-0.39, 0.29) is 43.8 Å². The summed E-state index contributed by atoms with van der Waals surface area (Å²) in [5.41, 5.74) is 10.1. The monoisotopic (exact) mass is 819 g/mol. The van der Waals surface area contributed by atoms with Gasteiger partial charge in [0.15, 0.2) is 0 Å². The lowest BCUT2D eigenvalue weighted by Crippen LogP contribution is -2.59. The summed E-state index contributed by atoms with van der Waals surface area (Å²) in [5.74, 6) is -1.03. The molecule has 1 aromatic heterocycles. The Balaban J connectivity index is 1.41. The topological polar surface area (TPSA) is 179 Å². The smallest absolute Gasteiger partial charge is 0.406 e. The van der Waals surface area contributed by atoms with Crippen LogP contribution in [0.5, 0.6) is 0 Å². The molecule has 6 N–H and O–H groups in total. The molecule has 13 heteroatoms. The van der Waals surface area contributed by atoms with E-state index in [9.17, 15) is 24.3 Å². The van der Waals surface area contributed by atoms with E-state index in [1.54, 1.807) is 22.1 Å². The maximum atomic E-state index is 14.8. The van der Waals surface area contributed by atoms with E-state index in [4.69, 9.17) is 5.73 Å². The maximum Gasteiger partial charge on any atom is 0.406 e. The number of nitrogens with zero attached hydrogens (tertiary/aromatic N) is 3. The van der Waals surface area contributed by atoms with Gasteiger partial charge in [-0.25, -0.2) is 9.59 Å². The fraction of sp³-hybridized carbons (Fsp3) is 0.426. The number of aliphatic hydroxyl groups excluding tert-OH is 1. The molecule has 5 rings (SSSR count). The summed E-state index contributed by atoms with van der Waals surface area (Å²) < 4.78 is 4.67. The third kappa shape index (κ3) is 12.3. The van der Waals surface area contributed by atoms with Gasteiger partial charge in [-0.1, -0.05) is 113 Å². The number of pyridine rings is 1. The predicted molar refractivity (Wildman–Crippen MR) is 234 cm³/mol. The number of alkyl carbamates (subject to hydrolysis) is 1. The quantitative estimate of drug-likeness (QED) is 0.0744. The highest BCUT2D eigenvalue weighted by molar-refractivity contribution is 5.89. The first-order valence-corrected chi connectivity index (χ1v) is 20.6. The number of aromatic nitrogens is 1. The van der Waals surface area contributed by atoms with Crippen LogP contribution in [0.1, 0.15) is 70.1 Å². The highest BCUT2D eigenvalue weighted by Gasteiger charge is 2.45. The molecule has 60 heavy (non-hydrogen) atoms. The van der Waals surface area contributed by atoms with E-state index >= 15 is 0 Å². The molecular weight excluding hydrogens is 759 g/mol. The summed E-state index contributed by atoms with van der Waals surface area (Å²) in [4.78, 5) is 61.5. The van der Waals surface area contributed by atoms with Crippen LogP contribution in [0.4, 0.5) is 15.3 Å². The van der Waals surface area contributed by atoms with Crippen molar-refractivity contribution in [1.29, 1.82) is 0 Å². The molecule has 13 nitrogen and oxygen atoms in total. The zero-order chi connectivity index (χ0) is 43.5. The van der Waals surface area contributed by atoms with Gasteiger partial charge < -0.3 is 41.3 Å². The van der Waals surface area contributed by atoms with Crippen molar-refractivity contribution in [2.24, 2.45) is 10.8 Å². The number of carbonyl (C=O) groups is 4. The fourth-order valence-electron chi connectivity index (χ4n) is 7.82. The van der Waals surface area contributed by atoms with E-state index < -0.39 is 41.0 Å². The van der Waals surface area contributed by atoms with Gasteiger partial charge in [-0.15, -0.1) is 0 Å². The summed E-state index contributed by atoms with van der Waals surface area (Å²) in [6.07, 6.45) is 0.806. The molecule has 4 aromatic rings. The molecule has 4 atom stereocenters. The van der Waals surface area contributed by atoms with E-state index in [1.165, 1.54) is 7.11 Å². The third-order valence-corrected chi connectivity index (χ3v) is 11.0. The number of aliphatic hydroxyl groups is 1. The van der Waals surface area contributed by atoms with Gasteiger partial charge in [-0.2, -0.15) is 0 Å². The van der Waals surface area contributed by atoms with Crippen LogP contribution in [-0.4, -0.2) is 95.3 Å². The number of nitrogen functional groups attached to an aromatic ring is 1. The van der Waals surface area contributed by atoms with Crippen LogP contribution >= 0.6 is 0 Å². The molecule has 0 bridgehead atoms. The van der Waals surface area contributed by atoms with Crippen molar-refractivity contribution in [1.82, 2.24) is 30.7 Å². The molecule has 0 saturated carbocycles. The Hall–Kier alpha value is -5.95. The number of hydrogen-bond acceptors (Lipinski definition) is 8. The van der Waals surface area contributed by atoms with Gasteiger partial charge in [-0.3, -0.25) is 14.6 Å². The lowest BCUT2D eigenvalue weighted by Gasteiger charge is -2.39. The Bertz CT molecular complexity index is 2040. The van der Waals surface area contributed by atoms with Crippen molar-refractivity contribution >= 4 is 29.6 Å². The van der Waals surface area contributed by atoms with Gasteiger partial charge in [0, 0.05) is 62.5 Å². The average molecular weight is 820 g/mol. The molecule has 1 fully saturated rings. The number of benzene rings is 3. The highest BCUT2D eigenvalue weighted by atomic mass is 16.5. The van der Waals surface area contributed by atoms with E-state index in [0.717, 1.165) is 27.9 Å². The number of methoxy groups -OCH3 is 1. The number of anilines is 1. The molecular formula is C47H61N7O6. The Labute approximate surface area is 354 Å². The summed E-state index contributed by atoms with van der Waals surface area (Å²) in [6, 6.07) is 29.1. The summed E-state index contributed by atoms with van der Waals surface area (Å²) in [6.45, 7) is 11.0. The van der Waals surface area contributed by atoms with Gasteiger partial charge in [0.05, 0.1) is 24.9 Å². The average Bonchev–Trinajstić information content (AvgIpc) is 3.57. The largest absolute Gasteiger partial charge is 0.453 e. The summed E-state index contributed by atoms with van der Waals surface area (Å²) in [5, 5.41) is 21.0.